The van der Waals surface area contributed by atoms with Crippen LogP contribution in [0.5, 0.6) is 0 Å². The zero-order chi connectivity index (χ0) is 12.3. The summed E-state index contributed by atoms with van der Waals surface area (Å²) in [6.07, 6.45) is -0.762. The quantitative estimate of drug-likeness (QED) is 0.905. The van der Waals surface area contributed by atoms with Crippen LogP contribution in [0.25, 0.3) is 0 Å². The van der Waals surface area contributed by atoms with Crippen molar-refractivity contribution < 1.29 is 9.50 Å². The van der Waals surface area contributed by atoms with Crippen molar-refractivity contribution in [2.75, 3.05) is 5.75 Å². The van der Waals surface area contributed by atoms with E-state index in [1.165, 1.54) is 0 Å². The van der Waals surface area contributed by atoms with Gasteiger partial charge in [0.15, 0.2) is 0 Å². The molecule has 16 heavy (non-hydrogen) atoms. The zero-order valence-corrected chi connectivity index (χ0v) is 12.0. The molecule has 0 fully saturated rings. The maximum absolute atomic E-state index is 13.7. The first-order valence-corrected chi connectivity index (χ1v) is 6.85. The van der Waals surface area contributed by atoms with Crippen LogP contribution in [0.3, 0.4) is 0 Å². The van der Waals surface area contributed by atoms with Crippen LogP contribution in [-0.2, 0) is 0 Å². The van der Waals surface area contributed by atoms with Crippen LogP contribution >= 0.6 is 27.7 Å². The van der Waals surface area contributed by atoms with Gasteiger partial charge in [0.25, 0.3) is 0 Å². The number of halogens is 2. The number of aliphatic hydroxyl groups excluding tert-OH is 1. The first-order valence-electron chi connectivity index (χ1n) is 5.07. The van der Waals surface area contributed by atoms with Crippen molar-refractivity contribution in [2.24, 2.45) is 0 Å². The molecular formula is C12H16BrFOS. The van der Waals surface area contributed by atoms with Gasteiger partial charge in [-0.25, -0.2) is 4.39 Å². The molecule has 1 atom stereocenters. The van der Waals surface area contributed by atoms with Gasteiger partial charge in [0.05, 0.1) is 10.6 Å². The van der Waals surface area contributed by atoms with E-state index in [9.17, 15) is 9.50 Å². The van der Waals surface area contributed by atoms with E-state index in [4.69, 9.17) is 0 Å². The molecule has 1 nitrogen and oxygen atoms in total. The van der Waals surface area contributed by atoms with Gasteiger partial charge in [-0.2, -0.15) is 11.8 Å². The van der Waals surface area contributed by atoms with E-state index < -0.39 is 6.10 Å². The lowest BCUT2D eigenvalue weighted by Gasteiger charge is -2.20. The predicted molar refractivity (Wildman–Crippen MR) is 71.3 cm³/mol. The molecule has 4 heteroatoms. The summed E-state index contributed by atoms with van der Waals surface area (Å²) in [6.45, 7) is 6.21. The summed E-state index contributed by atoms with van der Waals surface area (Å²) in [5.74, 6) is 0.126. The van der Waals surface area contributed by atoms with Crippen LogP contribution in [-0.4, -0.2) is 15.6 Å². The van der Waals surface area contributed by atoms with Crippen LogP contribution in [0.15, 0.2) is 22.7 Å². The van der Waals surface area contributed by atoms with Crippen LogP contribution < -0.4 is 0 Å². The highest BCUT2D eigenvalue weighted by Crippen LogP contribution is 2.30. The lowest BCUT2D eigenvalue weighted by molar-refractivity contribution is 0.198. The fraction of sp³-hybridized carbons (Fsp3) is 0.500. The molecule has 0 radical (unpaired) electrons. The Hall–Kier alpha value is -0.0600. The van der Waals surface area contributed by atoms with Gasteiger partial charge in [-0.1, -0.05) is 32.9 Å². The summed E-state index contributed by atoms with van der Waals surface area (Å²) >= 11 is 4.73. The van der Waals surface area contributed by atoms with Crippen molar-refractivity contribution in [3.05, 3.63) is 34.1 Å². The van der Waals surface area contributed by atoms with E-state index in [0.29, 0.717) is 15.8 Å². The van der Waals surface area contributed by atoms with Gasteiger partial charge in [0, 0.05) is 16.1 Å². The Kier molecular flexibility index (Phi) is 4.83. The molecule has 1 aromatic rings. The maximum Gasteiger partial charge on any atom is 0.143 e. The summed E-state index contributed by atoms with van der Waals surface area (Å²) in [5, 5.41) is 9.91. The third-order valence-electron chi connectivity index (χ3n) is 2.01. The summed E-state index contributed by atoms with van der Waals surface area (Å²) < 4.78 is 14.1. The highest BCUT2D eigenvalue weighted by atomic mass is 79.9. The molecule has 1 aromatic carbocycles. The Morgan fingerprint density at radius 2 is 2.06 bits per heavy atom. The van der Waals surface area contributed by atoms with Gasteiger partial charge in [-0.3, -0.25) is 0 Å². The van der Waals surface area contributed by atoms with E-state index in [2.05, 4.69) is 36.7 Å². The molecule has 1 unspecified atom stereocenters. The van der Waals surface area contributed by atoms with Crippen molar-refractivity contribution in [1.29, 1.82) is 0 Å². The molecule has 90 valence electrons. The maximum atomic E-state index is 13.7. The smallest absolute Gasteiger partial charge is 0.143 e. The van der Waals surface area contributed by atoms with E-state index in [0.717, 1.165) is 0 Å². The second-order valence-corrected chi connectivity index (χ2v) is 7.28. The fourth-order valence-electron chi connectivity index (χ4n) is 1.20. The predicted octanol–water partition coefficient (Wildman–Crippen LogP) is 4.15. The lowest BCUT2D eigenvalue weighted by atomic mass is 10.1. The monoisotopic (exact) mass is 306 g/mol. The molecule has 0 aliphatic rings. The molecule has 0 amide bonds. The minimum atomic E-state index is -0.762. The molecule has 0 aliphatic carbocycles. The Balaban J connectivity index is 2.73. The van der Waals surface area contributed by atoms with Crippen LogP contribution in [0.1, 0.15) is 32.4 Å². The summed E-state index contributed by atoms with van der Waals surface area (Å²) in [5.41, 5.74) is 0.353. The fourth-order valence-corrected chi connectivity index (χ4v) is 2.42. The van der Waals surface area contributed by atoms with Crippen LogP contribution in [0, 0.1) is 5.82 Å². The average molecular weight is 307 g/mol. The average Bonchev–Trinajstić information content (AvgIpc) is 2.17. The Morgan fingerprint density at radius 1 is 1.44 bits per heavy atom. The Bertz CT molecular complexity index is 363. The zero-order valence-electron chi connectivity index (χ0n) is 9.63. The molecular weight excluding hydrogens is 291 g/mol. The van der Waals surface area contributed by atoms with Gasteiger partial charge in [0.2, 0.25) is 0 Å². The van der Waals surface area contributed by atoms with Crippen molar-refractivity contribution in [3.8, 4) is 0 Å². The molecule has 0 saturated carbocycles. The largest absolute Gasteiger partial charge is 0.387 e. The Morgan fingerprint density at radius 3 is 2.62 bits per heavy atom. The second kappa shape index (κ2) is 5.52. The topological polar surface area (TPSA) is 20.2 Å². The van der Waals surface area contributed by atoms with Gasteiger partial charge in [-0.05, 0) is 22.0 Å². The number of hydrogen-bond acceptors (Lipinski definition) is 2. The number of rotatable bonds is 3. The minimum Gasteiger partial charge on any atom is -0.387 e. The molecule has 0 spiro atoms. The van der Waals surface area contributed by atoms with E-state index in [1.54, 1.807) is 30.0 Å². The molecule has 0 aromatic heterocycles. The number of benzene rings is 1. The number of thioether (sulfide) groups is 1. The van der Waals surface area contributed by atoms with Crippen molar-refractivity contribution in [3.63, 3.8) is 0 Å². The SMILES string of the molecule is CC(C)(C)SCC(O)c1cccc(Br)c1F. The molecule has 0 aliphatic heterocycles. The van der Waals surface area contributed by atoms with Crippen LogP contribution in [0.4, 0.5) is 4.39 Å². The van der Waals surface area contributed by atoms with E-state index in [1.807, 2.05) is 0 Å². The molecule has 1 N–H and O–H groups in total. The molecule has 1 rings (SSSR count). The first-order chi connectivity index (χ1) is 7.31. The molecule has 0 saturated heterocycles. The molecule has 0 bridgehead atoms. The number of hydrogen-bond donors (Lipinski definition) is 1. The summed E-state index contributed by atoms with van der Waals surface area (Å²) in [6, 6.07) is 4.98. The highest BCUT2D eigenvalue weighted by molar-refractivity contribution is 9.10. The normalized spacial score (nSPS) is 13.9. The lowest BCUT2D eigenvalue weighted by Crippen LogP contribution is -2.13. The van der Waals surface area contributed by atoms with Gasteiger partial charge >= 0.3 is 0 Å². The van der Waals surface area contributed by atoms with Crippen molar-refractivity contribution >= 4 is 27.7 Å². The molecule has 0 heterocycles. The van der Waals surface area contributed by atoms with E-state index >= 15 is 0 Å². The van der Waals surface area contributed by atoms with E-state index in [-0.39, 0.29) is 10.6 Å². The second-order valence-electron chi connectivity index (χ2n) is 4.58. The minimum absolute atomic E-state index is 0.0729. The number of aliphatic hydroxyl groups is 1. The van der Waals surface area contributed by atoms with Crippen molar-refractivity contribution in [2.45, 2.75) is 31.6 Å². The van der Waals surface area contributed by atoms with Crippen LogP contribution in [0.2, 0.25) is 0 Å². The third kappa shape index (κ3) is 4.07. The van der Waals surface area contributed by atoms with Gasteiger partial charge in [-0.15, -0.1) is 0 Å². The third-order valence-corrected chi connectivity index (χ3v) is 3.98. The highest BCUT2D eigenvalue weighted by Gasteiger charge is 2.18. The summed E-state index contributed by atoms with van der Waals surface area (Å²) in [4.78, 5) is 0. The Labute approximate surface area is 109 Å². The van der Waals surface area contributed by atoms with Crippen molar-refractivity contribution in [1.82, 2.24) is 0 Å². The summed E-state index contributed by atoms with van der Waals surface area (Å²) in [7, 11) is 0. The van der Waals surface area contributed by atoms with Gasteiger partial charge in [0.1, 0.15) is 5.82 Å². The van der Waals surface area contributed by atoms with Gasteiger partial charge < -0.3 is 5.11 Å². The first kappa shape index (κ1) is 14.0. The standard InChI is InChI=1S/C12H16BrFOS/c1-12(2,3)16-7-10(15)8-5-4-6-9(13)11(8)14/h4-6,10,15H,7H2,1-3H3.